The molecule has 2 rings (SSSR count). The molecule has 5 nitrogen and oxygen atoms in total. The summed E-state index contributed by atoms with van der Waals surface area (Å²) in [5, 5.41) is 14.7. The molecule has 1 aliphatic carbocycles. The van der Waals surface area contributed by atoms with E-state index in [0.717, 1.165) is 11.6 Å². The second-order valence-electron chi connectivity index (χ2n) is 4.47. The third kappa shape index (κ3) is 3.96. The van der Waals surface area contributed by atoms with Crippen molar-refractivity contribution in [3.63, 3.8) is 0 Å². The van der Waals surface area contributed by atoms with Crippen LogP contribution in [-0.2, 0) is 0 Å². The fourth-order valence-corrected chi connectivity index (χ4v) is 2.70. The monoisotopic (exact) mass is 254 g/mol. The number of urea groups is 1. The first kappa shape index (κ1) is 12.3. The fourth-order valence-electron chi connectivity index (χ4n) is 2.12. The molecule has 6 heteroatoms. The molecular formula is C11H18N4OS. The summed E-state index contributed by atoms with van der Waals surface area (Å²) in [5.74, 6) is 0.644. The van der Waals surface area contributed by atoms with E-state index in [9.17, 15) is 4.79 Å². The molecule has 94 valence electrons. The summed E-state index contributed by atoms with van der Waals surface area (Å²) in [5.41, 5.74) is 0. The summed E-state index contributed by atoms with van der Waals surface area (Å²) >= 11 is 1.38. The number of nitrogens with zero attached hydrogens (tertiary/aromatic N) is 2. The molecule has 1 aromatic rings. The van der Waals surface area contributed by atoms with Crippen LogP contribution in [0.4, 0.5) is 9.93 Å². The number of nitrogens with one attached hydrogen (secondary N) is 2. The molecule has 17 heavy (non-hydrogen) atoms. The van der Waals surface area contributed by atoms with Gasteiger partial charge in [0.25, 0.3) is 0 Å². The van der Waals surface area contributed by atoms with Gasteiger partial charge in [-0.3, -0.25) is 5.32 Å². The van der Waals surface area contributed by atoms with Gasteiger partial charge in [0.05, 0.1) is 0 Å². The second-order valence-corrected chi connectivity index (χ2v) is 5.65. The highest BCUT2D eigenvalue weighted by Crippen LogP contribution is 2.22. The SMILES string of the molecule is Cc1nnc(NC(=O)NCC2CCCCC2)s1. The summed E-state index contributed by atoms with van der Waals surface area (Å²) in [6.07, 6.45) is 6.40. The Morgan fingerprint density at radius 1 is 1.35 bits per heavy atom. The number of aromatic nitrogens is 2. The van der Waals surface area contributed by atoms with Gasteiger partial charge in [-0.2, -0.15) is 0 Å². The number of carbonyl (C=O) groups is 1. The van der Waals surface area contributed by atoms with Crippen LogP contribution < -0.4 is 10.6 Å². The van der Waals surface area contributed by atoms with Crippen LogP contribution in [0.25, 0.3) is 0 Å². The van der Waals surface area contributed by atoms with Crippen molar-refractivity contribution in [2.24, 2.45) is 5.92 Å². The number of amides is 2. The average Bonchev–Trinajstić information content (AvgIpc) is 2.73. The van der Waals surface area contributed by atoms with Gasteiger partial charge < -0.3 is 5.32 Å². The lowest BCUT2D eigenvalue weighted by molar-refractivity contribution is 0.247. The lowest BCUT2D eigenvalue weighted by Crippen LogP contribution is -2.33. The highest BCUT2D eigenvalue weighted by atomic mass is 32.1. The Bertz CT molecular complexity index is 373. The largest absolute Gasteiger partial charge is 0.338 e. The lowest BCUT2D eigenvalue weighted by atomic mass is 9.89. The molecule has 1 aromatic heterocycles. The van der Waals surface area contributed by atoms with Gasteiger partial charge in [0.15, 0.2) is 0 Å². The predicted molar refractivity (Wildman–Crippen MR) is 68.2 cm³/mol. The number of anilines is 1. The van der Waals surface area contributed by atoms with E-state index >= 15 is 0 Å². The number of hydrogen-bond acceptors (Lipinski definition) is 4. The van der Waals surface area contributed by atoms with Crippen LogP contribution in [0.2, 0.25) is 0 Å². The minimum Gasteiger partial charge on any atom is -0.338 e. The van der Waals surface area contributed by atoms with Gasteiger partial charge in [-0.25, -0.2) is 4.79 Å². The van der Waals surface area contributed by atoms with Gasteiger partial charge in [0.2, 0.25) is 5.13 Å². The molecule has 0 unspecified atom stereocenters. The predicted octanol–water partition coefficient (Wildman–Crippen LogP) is 2.55. The van der Waals surface area contributed by atoms with Crippen molar-refractivity contribution < 1.29 is 4.79 Å². The van der Waals surface area contributed by atoms with Crippen LogP contribution in [0.15, 0.2) is 0 Å². The van der Waals surface area contributed by atoms with Gasteiger partial charge in [-0.05, 0) is 25.7 Å². The zero-order chi connectivity index (χ0) is 12.1. The van der Waals surface area contributed by atoms with Crippen molar-refractivity contribution in [3.05, 3.63) is 5.01 Å². The zero-order valence-corrected chi connectivity index (χ0v) is 10.8. The van der Waals surface area contributed by atoms with Crippen molar-refractivity contribution in [1.82, 2.24) is 15.5 Å². The Hall–Kier alpha value is -1.17. The summed E-state index contributed by atoms with van der Waals surface area (Å²) in [7, 11) is 0. The Kier molecular flexibility index (Phi) is 4.30. The number of rotatable bonds is 3. The Labute approximate surface area is 105 Å². The molecule has 0 spiro atoms. The summed E-state index contributed by atoms with van der Waals surface area (Å²) < 4.78 is 0. The summed E-state index contributed by atoms with van der Waals surface area (Å²) in [4.78, 5) is 11.6. The highest BCUT2D eigenvalue weighted by molar-refractivity contribution is 7.15. The van der Waals surface area contributed by atoms with E-state index in [1.165, 1.54) is 43.4 Å². The van der Waals surface area contributed by atoms with Gasteiger partial charge in [0, 0.05) is 6.54 Å². The van der Waals surface area contributed by atoms with Crippen molar-refractivity contribution in [2.75, 3.05) is 11.9 Å². The van der Waals surface area contributed by atoms with Gasteiger partial charge >= 0.3 is 6.03 Å². The molecule has 0 bridgehead atoms. The first-order valence-corrected chi connectivity index (χ1v) is 6.90. The van der Waals surface area contributed by atoms with E-state index in [2.05, 4.69) is 20.8 Å². The second kappa shape index (κ2) is 5.95. The zero-order valence-electron chi connectivity index (χ0n) is 10.0. The van der Waals surface area contributed by atoms with E-state index in [-0.39, 0.29) is 6.03 Å². The van der Waals surface area contributed by atoms with Crippen molar-refractivity contribution in [1.29, 1.82) is 0 Å². The van der Waals surface area contributed by atoms with Gasteiger partial charge in [-0.1, -0.05) is 30.6 Å². The Morgan fingerprint density at radius 3 is 2.76 bits per heavy atom. The molecule has 1 heterocycles. The van der Waals surface area contributed by atoms with Crippen LogP contribution in [0.1, 0.15) is 37.1 Å². The normalized spacial score (nSPS) is 16.8. The number of hydrogen-bond donors (Lipinski definition) is 2. The summed E-state index contributed by atoms with van der Waals surface area (Å²) in [6, 6.07) is -0.174. The molecule has 2 amide bonds. The molecule has 1 fully saturated rings. The van der Waals surface area contributed by atoms with Crippen molar-refractivity contribution >= 4 is 22.5 Å². The van der Waals surface area contributed by atoms with Crippen molar-refractivity contribution in [3.8, 4) is 0 Å². The first-order valence-electron chi connectivity index (χ1n) is 6.09. The van der Waals surface area contributed by atoms with Gasteiger partial charge in [-0.15, -0.1) is 10.2 Å². The minimum absolute atomic E-state index is 0.174. The van der Waals surface area contributed by atoms with Crippen LogP contribution in [0, 0.1) is 12.8 Å². The molecule has 0 aromatic carbocycles. The minimum atomic E-state index is -0.174. The number of aryl methyl sites for hydroxylation is 1. The third-order valence-electron chi connectivity index (χ3n) is 3.02. The molecule has 1 aliphatic rings. The lowest BCUT2D eigenvalue weighted by Gasteiger charge is -2.21. The van der Waals surface area contributed by atoms with Crippen LogP contribution in [-0.4, -0.2) is 22.8 Å². The molecule has 0 aliphatic heterocycles. The number of carbonyl (C=O) groups excluding carboxylic acids is 1. The fraction of sp³-hybridized carbons (Fsp3) is 0.727. The van der Waals surface area contributed by atoms with E-state index in [0.29, 0.717) is 11.0 Å². The molecule has 0 radical (unpaired) electrons. The first-order chi connectivity index (χ1) is 8.24. The average molecular weight is 254 g/mol. The van der Waals surface area contributed by atoms with Crippen LogP contribution in [0.3, 0.4) is 0 Å². The summed E-state index contributed by atoms with van der Waals surface area (Å²) in [6.45, 7) is 2.63. The standard InChI is InChI=1S/C11H18N4OS/c1-8-14-15-11(17-8)13-10(16)12-7-9-5-3-2-4-6-9/h9H,2-7H2,1H3,(H2,12,13,15,16). The molecular weight excluding hydrogens is 236 g/mol. The molecule has 0 atom stereocenters. The molecule has 1 saturated carbocycles. The topological polar surface area (TPSA) is 66.9 Å². The quantitative estimate of drug-likeness (QED) is 0.871. The highest BCUT2D eigenvalue weighted by Gasteiger charge is 2.14. The van der Waals surface area contributed by atoms with E-state index in [4.69, 9.17) is 0 Å². The smallest absolute Gasteiger partial charge is 0.321 e. The third-order valence-corrected chi connectivity index (χ3v) is 3.78. The molecule has 2 N–H and O–H groups in total. The van der Waals surface area contributed by atoms with Crippen LogP contribution >= 0.6 is 11.3 Å². The maximum atomic E-state index is 11.6. The van der Waals surface area contributed by atoms with Gasteiger partial charge in [0.1, 0.15) is 5.01 Å². The Balaban J connectivity index is 1.70. The van der Waals surface area contributed by atoms with Crippen LogP contribution in [0.5, 0.6) is 0 Å². The van der Waals surface area contributed by atoms with E-state index in [1.807, 2.05) is 6.92 Å². The maximum Gasteiger partial charge on any atom is 0.321 e. The van der Waals surface area contributed by atoms with E-state index in [1.54, 1.807) is 0 Å². The van der Waals surface area contributed by atoms with Crippen molar-refractivity contribution in [2.45, 2.75) is 39.0 Å². The Morgan fingerprint density at radius 2 is 2.12 bits per heavy atom. The molecule has 0 saturated heterocycles. The maximum absolute atomic E-state index is 11.6. The van der Waals surface area contributed by atoms with E-state index < -0.39 is 0 Å².